The lowest BCUT2D eigenvalue weighted by atomic mass is 10.1. The molecule has 0 rings (SSSR count). The smallest absolute Gasteiger partial charge is 0.404 e. The van der Waals surface area contributed by atoms with Crippen LogP contribution in [0.5, 0.6) is 0 Å². The van der Waals surface area contributed by atoms with Crippen LogP contribution in [0.2, 0.25) is 0 Å². The number of ether oxygens (including phenoxy) is 1. The first kappa shape index (κ1) is 10.7. The summed E-state index contributed by atoms with van der Waals surface area (Å²) in [5, 5.41) is 17.0. The van der Waals surface area contributed by atoms with Crippen LogP contribution in [0, 0.1) is 11.3 Å². The topological polar surface area (TPSA) is 96.3 Å². The van der Waals surface area contributed by atoms with Crippen molar-refractivity contribution >= 4 is 6.09 Å². The minimum Gasteiger partial charge on any atom is -0.447 e. The molecule has 1 amide bonds. The first-order valence-corrected chi connectivity index (χ1v) is 3.60. The van der Waals surface area contributed by atoms with Gasteiger partial charge in [0.15, 0.2) is 0 Å². The Balaban J connectivity index is 3.51. The highest BCUT2D eigenvalue weighted by Crippen LogP contribution is 2.03. The molecule has 0 saturated heterocycles. The van der Waals surface area contributed by atoms with E-state index in [1.165, 1.54) is 0 Å². The average molecular weight is 172 g/mol. The minimum absolute atomic E-state index is 0.283. The lowest BCUT2D eigenvalue weighted by Crippen LogP contribution is -2.21. The number of nitrogens with two attached hydrogens (primary N) is 1. The van der Waals surface area contributed by atoms with Crippen molar-refractivity contribution in [2.45, 2.75) is 32.0 Å². The van der Waals surface area contributed by atoms with E-state index in [2.05, 4.69) is 4.74 Å². The van der Waals surface area contributed by atoms with Gasteiger partial charge in [-0.25, -0.2) is 4.79 Å². The molecule has 2 unspecified atom stereocenters. The Labute approximate surface area is 70.7 Å². The van der Waals surface area contributed by atoms with Crippen molar-refractivity contribution in [3.8, 4) is 6.07 Å². The first-order chi connectivity index (χ1) is 5.56. The highest BCUT2D eigenvalue weighted by atomic mass is 16.6. The number of carbonyl (C=O) groups is 1. The van der Waals surface area contributed by atoms with Crippen LogP contribution in [0.3, 0.4) is 0 Å². The van der Waals surface area contributed by atoms with E-state index in [9.17, 15) is 4.79 Å². The third kappa shape index (κ3) is 5.50. The summed E-state index contributed by atoms with van der Waals surface area (Å²) < 4.78 is 4.56. The van der Waals surface area contributed by atoms with Gasteiger partial charge in [-0.2, -0.15) is 5.26 Å². The highest BCUT2D eigenvalue weighted by Gasteiger charge is 2.08. The molecule has 5 nitrogen and oxygen atoms in total. The number of primary amides is 1. The van der Waals surface area contributed by atoms with Crippen LogP contribution in [0.25, 0.3) is 0 Å². The third-order valence-electron chi connectivity index (χ3n) is 1.31. The molecule has 12 heavy (non-hydrogen) atoms. The summed E-state index contributed by atoms with van der Waals surface area (Å²) in [6.45, 7) is 1.65. The average Bonchev–Trinajstić information content (AvgIpc) is 1.99. The Morgan fingerprint density at radius 3 is 2.75 bits per heavy atom. The van der Waals surface area contributed by atoms with E-state index in [1.807, 2.05) is 0 Å². The van der Waals surface area contributed by atoms with Gasteiger partial charge in [0.05, 0.1) is 6.07 Å². The van der Waals surface area contributed by atoms with Crippen LogP contribution in [-0.2, 0) is 4.74 Å². The number of hydrogen-bond acceptors (Lipinski definition) is 4. The zero-order chi connectivity index (χ0) is 9.56. The quantitative estimate of drug-likeness (QED) is 0.589. The summed E-state index contributed by atoms with van der Waals surface area (Å²) >= 11 is 0. The molecule has 0 aliphatic carbocycles. The SMILES string of the molecule is CC(CCC(O)C#N)OC(N)=O. The van der Waals surface area contributed by atoms with Gasteiger partial charge in [-0.15, -0.1) is 0 Å². The van der Waals surface area contributed by atoms with Crippen molar-refractivity contribution in [2.24, 2.45) is 5.73 Å². The summed E-state index contributed by atoms with van der Waals surface area (Å²) in [6, 6.07) is 1.66. The largest absolute Gasteiger partial charge is 0.447 e. The maximum atomic E-state index is 10.2. The molecule has 0 bridgehead atoms. The molecule has 0 aromatic rings. The number of hydrogen-bond donors (Lipinski definition) is 2. The van der Waals surface area contributed by atoms with Crippen molar-refractivity contribution in [2.75, 3.05) is 0 Å². The summed E-state index contributed by atoms with van der Waals surface area (Å²) in [5.41, 5.74) is 4.74. The number of aliphatic hydroxyl groups is 1. The van der Waals surface area contributed by atoms with E-state index in [1.54, 1.807) is 13.0 Å². The zero-order valence-corrected chi connectivity index (χ0v) is 6.86. The van der Waals surface area contributed by atoms with Gasteiger partial charge in [-0.05, 0) is 19.8 Å². The fourth-order valence-corrected chi connectivity index (χ4v) is 0.714. The van der Waals surface area contributed by atoms with E-state index in [0.29, 0.717) is 6.42 Å². The lowest BCUT2D eigenvalue weighted by Gasteiger charge is -2.10. The minimum atomic E-state index is -0.996. The molecule has 3 N–H and O–H groups in total. The van der Waals surface area contributed by atoms with E-state index in [-0.39, 0.29) is 12.5 Å². The van der Waals surface area contributed by atoms with Crippen LogP contribution in [0.1, 0.15) is 19.8 Å². The predicted molar refractivity (Wildman–Crippen MR) is 41.0 cm³/mol. The summed E-state index contributed by atoms with van der Waals surface area (Å²) in [4.78, 5) is 10.2. The molecule has 0 aromatic heterocycles. The number of nitrogens with zero attached hydrogens (tertiary/aromatic N) is 1. The molecule has 2 atom stereocenters. The Morgan fingerprint density at radius 1 is 1.75 bits per heavy atom. The van der Waals surface area contributed by atoms with Crippen LogP contribution in [-0.4, -0.2) is 23.4 Å². The van der Waals surface area contributed by atoms with Crippen LogP contribution in [0.15, 0.2) is 0 Å². The van der Waals surface area contributed by atoms with Gasteiger partial charge in [0.1, 0.15) is 12.2 Å². The van der Waals surface area contributed by atoms with E-state index in [0.717, 1.165) is 0 Å². The maximum absolute atomic E-state index is 10.2. The van der Waals surface area contributed by atoms with Crippen LogP contribution >= 0.6 is 0 Å². The van der Waals surface area contributed by atoms with Crippen molar-refractivity contribution in [3.63, 3.8) is 0 Å². The predicted octanol–water partition coefficient (Wildman–Crippen LogP) is 0.135. The van der Waals surface area contributed by atoms with Gasteiger partial charge in [0, 0.05) is 0 Å². The molecule has 0 radical (unpaired) electrons. The maximum Gasteiger partial charge on any atom is 0.404 e. The zero-order valence-electron chi connectivity index (χ0n) is 6.86. The number of carbonyl (C=O) groups excluding carboxylic acids is 1. The molecule has 68 valence electrons. The summed E-state index contributed by atoms with van der Waals surface area (Å²) in [6.07, 6.45) is -1.48. The van der Waals surface area contributed by atoms with Gasteiger partial charge in [0.2, 0.25) is 0 Å². The van der Waals surface area contributed by atoms with Gasteiger partial charge >= 0.3 is 6.09 Å². The van der Waals surface area contributed by atoms with Gasteiger partial charge in [-0.3, -0.25) is 0 Å². The van der Waals surface area contributed by atoms with Gasteiger partial charge in [0.25, 0.3) is 0 Å². The Hall–Kier alpha value is -1.28. The van der Waals surface area contributed by atoms with E-state index >= 15 is 0 Å². The highest BCUT2D eigenvalue weighted by molar-refractivity contribution is 5.64. The molecule has 0 spiro atoms. The summed E-state index contributed by atoms with van der Waals surface area (Å²) in [5.74, 6) is 0. The second-order valence-electron chi connectivity index (χ2n) is 2.47. The second-order valence-corrected chi connectivity index (χ2v) is 2.47. The monoisotopic (exact) mass is 172 g/mol. The molecule has 0 aliphatic heterocycles. The number of aliphatic hydroxyl groups excluding tert-OH is 1. The standard InChI is InChI=1S/C7H12N2O3/c1-5(12-7(9)11)2-3-6(10)4-8/h5-6,10H,2-3H2,1H3,(H2,9,11). The fourth-order valence-electron chi connectivity index (χ4n) is 0.714. The van der Waals surface area contributed by atoms with Crippen molar-refractivity contribution < 1.29 is 14.6 Å². The fraction of sp³-hybridized carbons (Fsp3) is 0.714. The van der Waals surface area contributed by atoms with E-state index < -0.39 is 12.2 Å². The van der Waals surface area contributed by atoms with Crippen LogP contribution < -0.4 is 5.73 Å². The summed E-state index contributed by atoms with van der Waals surface area (Å²) in [7, 11) is 0. The van der Waals surface area contributed by atoms with Gasteiger partial charge < -0.3 is 15.6 Å². The van der Waals surface area contributed by atoms with Crippen molar-refractivity contribution in [1.29, 1.82) is 5.26 Å². The molecule has 0 aliphatic rings. The van der Waals surface area contributed by atoms with Crippen LogP contribution in [0.4, 0.5) is 4.79 Å². The van der Waals surface area contributed by atoms with Crippen molar-refractivity contribution in [3.05, 3.63) is 0 Å². The molecular weight excluding hydrogens is 160 g/mol. The Morgan fingerprint density at radius 2 is 2.33 bits per heavy atom. The molecular formula is C7H12N2O3. The number of rotatable bonds is 4. The third-order valence-corrected chi connectivity index (χ3v) is 1.31. The van der Waals surface area contributed by atoms with Crippen molar-refractivity contribution in [1.82, 2.24) is 0 Å². The van der Waals surface area contributed by atoms with E-state index in [4.69, 9.17) is 16.1 Å². The molecule has 5 heteroatoms. The number of nitriles is 1. The normalized spacial score (nSPS) is 14.4. The lowest BCUT2D eigenvalue weighted by molar-refractivity contribution is 0.100. The second kappa shape index (κ2) is 5.38. The molecule has 0 fully saturated rings. The molecule has 0 aromatic carbocycles. The Kier molecular flexibility index (Phi) is 4.81. The first-order valence-electron chi connectivity index (χ1n) is 3.60. The molecule has 0 saturated carbocycles. The number of amides is 1. The van der Waals surface area contributed by atoms with Gasteiger partial charge in [-0.1, -0.05) is 0 Å². The Bertz CT molecular complexity index is 188. The molecule has 0 heterocycles.